The first kappa shape index (κ1) is 20.0. The third kappa shape index (κ3) is 4.75. The Balaban J connectivity index is 1.60. The van der Waals surface area contributed by atoms with Crippen LogP contribution in [0.15, 0.2) is 60.4 Å². The number of benzene rings is 2. The summed E-state index contributed by atoms with van der Waals surface area (Å²) in [6.45, 7) is 1.14. The Hall–Kier alpha value is -2.73. The average molecular weight is 386 g/mol. The smallest absolute Gasteiger partial charge is 0.253 e. The molecule has 6 heteroatoms. The van der Waals surface area contributed by atoms with Crippen LogP contribution in [0.1, 0.15) is 34.7 Å². The van der Waals surface area contributed by atoms with Crippen LogP contribution in [-0.4, -0.2) is 37.0 Å². The van der Waals surface area contributed by atoms with Crippen molar-refractivity contribution in [1.29, 1.82) is 0 Å². The molecular weight excluding hydrogens is 362 g/mol. The Kier molecular flexibility index (Phi) is 6.76. The van der Waals surface area contributed by atoms with E-state index in [-0.39, 0.29) is 35.9 Å². The minimum Gasteiger partial charge on any atom is -0.486 e. The molecule has 0 spiro atoms. The lowest BCUT2D eigenvalue weighted by atomic mass is 9.89. The van der Waals surface area contributed by atoms with Crippen molar-refractivity contribution in [1.82, 2.24) is 4.90 Å². The van der Waals surface area contributed by atoms with Gasteiger partial charge in [0, 0.05) is 30.8 Å². The summed E-state index contributed by atoms with van der Waals surface area (Å²) in [4.78, 5) is 14.5. The first-order chi connectivity index (χ1) is 13.6. The first-order valence-electron chi connectivity index (χ1n) is 9.37. The highest BCUT2D eigenvalue weighted by atomic mass is 19.1. The van der Waals surface area contributed by atoms with Gasteiger partial charge < -0.3 is 15.4 Å². The summed E-state index contributed by atoms with van der Waals surface area (Å²) < 4.78 is 32.0. The first-order valence-corrected chi connectivity index (χ1v) is 9.37. The SMILES string of the molecule is NC/C(=C/F)COc1ccc(C(=O)N2CCC(c3ccccc3)CC2)cc1F. The van der Waals surface area contributed by atoms with Gasteiger partial charge in [0.05, 0.1) is 6.33 Å². The zero-order chi connectivity index (χ0) is 19.9. The van der Waals surface area contributed by atoms with Gasteiger partial charge in [0.15, 0.2) is 11.6 Å². The molecular formula is C22H24F2N2O2. The van der Waals surface area contributed by atoms with Gasteiger partial charge in [-0.15, -0.1) is 0 Å². The summed E-state index contributed by atoms with van der Waals surface area (Å²) >= 11 is 0. The van der Waals surface area contributed by atoms with Crippen molar-refractivity contribution in [2.24, 2.45) is 5.73 Å². The van der Waals surface area contributed by atoms with Crippen molar-refractivity contribution >= 4 is 5.91 Å². The molecule has 1 heterocycles. The van der Waals surface area contributed by atoms with Crippen molar-refractivity contribution in [2.75, 3.05) is 26.2 Å². The highest BCUT2D eigenvalue weighted by molar-refractivity contribution is 5.94. The van der Waals surface area contributed by atoms with E-state index in [4.69, 9.17) is 10.5 Å². The van der Waals surface area contributed by atoms with Gasteiger partial charge in [-0.1, -0.05) is 30.3 Å². The van der Waals surface area contributed by atoms with Gasteiger partial charge in [-0.25, -0.2) is 8.78 Å². The second-order valence-corrected chi connectivity index (χ2v) is 6.88. The summed E-state index contributed by atoms with van der Waals surface area (Å²) in [7, 11) is 0. The molecule has 2 N–H and O–H groups in total. The third-order valence-corrected chi connectivity index (χ3v) is 5.06. The van der Waals surface area contributed by atoms with Crippen molar-refractivity contribution in [3.63, 3.8) is 0 Å². The second-order valence-electron chi connectivity index (χ2n) is 6.88. The van der Waals surface area contributed by atoms with E-state index < -0.39 is 5.82 Å². The molecule has 0 aromatic heterocycles. The molecule has 0 radical (unpaired) electrons. The van der Waals surface area contributed by atoms with E-state index in [1.165, 1.54) is 23.8 Å². The van der Waals surface area contributed by atoms with Gasteiger partial charge >= 0.3 is 0 Å². The van der Waals surface area contributed by atoms with E-state index in [9.17, 15) is 13.6 Å². The number of hydrogen-bond acceptors (Lipinski definition) is 3. The van der Waals surface area contributed by atoms with Crippen LogP contribution in [0.3, 0.4) is 0 Å². The van der Waals surface area contributed by atoms with Crippen molar-refractivity contribution in [3.8, 4) is 5.75 Å². The standard InChI is InChI=1S/C22H24F2N2O2/c23-13-16(14-25)15-28-21-7-6-19(12-20(21)24)22(27)26-10-8-18(9-11-26)17-4-2-1-3-5-17/h1-7,12-13,18H,8-11,14-15,25H2/b16-13-. The molecule has 1 aliphatic rings. The molecule has 0 bridgehead atoms. The Morgan fingerprint density at radius 2 is 1.89 bits per heavy atom. The number of likely N-dealkylation sites (tertiary alicyclic amines) is 1. The van der Waals surface area contributed by atoms with E-state index in [2.05, 4.69) is 12.1 Å². The third-order valence-electron chi connectivity index (χ3n) is 5.06. The number of carbonyl (C=O) groups excluding carboxylic acids is 1. The van der Waals surface area contributed by atoms with Gasteiger partial charge in [0.25, 0.3) is 5.91 Å². The summed E-state index contributed by atoms with van der Waals surface area (Å²) in [6, 6.07) is 14.4. The Labute approximate surface area is 163 Å². The summed E-state index contributed by atoms with van der Waals surface area (Å²) in [5.41, 5.74) is 7.14. The number of amides is 1. The van der Waals surface area contributed by atoms with Crippen molar-refractivity contribution < 1.29 is 18.3 Å². The van der Waals surface area contributed by atoms with E-state index >= 15 is 0 Å². The average Bonchev–Trinajstić information content (AvgIpc) is 2.75. The highest BCUT2D eigenvalue weighted by Gasteiger charge is 2.25. The number of rotatable bonds is 6. The molecule has 0 saturated carbocycles. The maximum Gasteiger partial charge on any atom is 0.253 e. The van der Waals surface area contributed by atoms with Crippen LogP contribution in [0.25, 0.3) is 0 Å². The molecule has 1 amide bonds. The van der Waals surface area contributed by atoms with E-state index in [1.807, 2.05) is 18.2 Å². The number of ether oxygens (including phenoxy) is 1. The maximum absolute atomic E-state index is 14.3. The predicted octanol–water partition coefficient (Wildman–Crippen LogP) is 4.04. The lowest BCUT2D eigenvalue weighted by Gasteiger charge is -2.32. The fourth-order valence-corrected chi connectivity index (χ4v) is 3.38. The number of nitrogens with two attached hydrogens (primary N) is 1. The van der Waals surface area contributed by atoms with Crippen LogP contribution < -0.4 is 10.5 Å². The van der Waals surface area contributed by atoms with E-state index in [0.717, 1.165) is 12.8 Å². The lowest BCUT2D eigenvalue weighted by molar-refractivity contribution is 0.0712. The fourth-order valence-electron chi connectivity index (χ4n) is 3.38. The monoisotopic (exact) mass is 386 g/mol. The molecule has 0 aliphatic carbocycles. The van der Waals surface area contributed by atoms with E-state index in [0.29, 0.717) is 25.3 Å². The van der Waals surface area contributed by atoms with Gasteiger partial charge in [0.1, 0.15) is 6.61 Å². The van der Waals surface area contributed by atoms with Gasteiger partial charge in [-0.3, -0.25) is 4.79 Å². The van der Waals surface area contributed by atoms with Crippen LogP contribution >= 0.6 is 0 Å². The van der Waals surface area contributed by atoms with Crippen LogP contribution in [0.2, 0.25) is 0 Å². The molecule has 3 rings (SSSR count). The maximum atomic E-state index is 14.3. The van der Waals surface area contributed by atoms with Gasteiger partial charge in [-0.2, -0.15) is 0 Å². The van der Waals surface area contributed by atoms with E-state index in [1.54, 1.807) is 4.90 Å². The lowest BCUT2D eigenvalue weighted by Crippen LogP contribution is -2.37. The molecule has 4 nitrogen and oxygen atoms in total. The molecule has 0 atom stereocenters. The predicted molar refractivity (Wildman–Crippen MR) is 104 cm³/mol. The number of piperidine rings is 1. The Bertz CT molecular complexity index is 832. The van der Waals surface area contributed by atoms with Crippen LogP contribution in [-0.2, 0) is 0 Å². The molecule has 0 unspecified atom stereocenters. The fraction of sp³-hybridized carbons (Fsp3) is 0.318. The van der Waals surface area contributed by atoms with Crippen molar-refractivity contribution in [3.05, 3.63) is 77.4 Å². The number of halogens is 2. The second kappa shape index (κ2) is 9.46. The Morgan fingerprint density at radius 1 is 1.18 bits per heavy atom. The van der Waals surface area contributed by atoms with Gasteiger partial charge in [-0.05, 0) is 42.5 Å². The number of hydrogen-bond donors (Lipinski definition) is 1. The largest absolute Gasteiger partial charge is 0.486 e. The molecule has 1 saturated heterocycles. The molecule has 1 fully saturated rings. The summed E-state index contributed by atoms with van der Waals surface area (Å²) in [5.74, 6) is -0.436. The number of nitrogens with zero attached hydrogens (tertiary/aromatic N) is 1. The molecule has 28 heavy (non-hydrogen) atoms. The number of carbonyl (C=O) groups is 1. The highest BCUT2D eigenvalue weighted by Crippen LogP contribution is 2.29. The van der Waals surface area contributed by atoms with Crippen LogP contribution in [0.4, 0.5) is 8.78 Å². The topological polar surface area (TPSA) is 55.6 Å². The molecule has 2 aromatic carbocycles. The van der Waals surface area contributed by atoms with Gasteiger partial charge in [0.2, 0.25) is 0 Å². The molecule has 2 aromatic rings. The minimum absolute atomic E-state index is 0.00633. The van der Waals surface area contributed by atoms with Crippen LogP contribution in [0, 0.1) is 5.82 Å². The quantitative estimate of drug-likeness (QED) is 0.815. The minimum atomic E-state index is -0.653. The Morgan fingerprint density at radius 3 is 2.50 bits per heavy atom. The van der Waals surface area contributed by atoms with Crippen molar-refractivity contribution in [2.45, 2.75) is 18.8 Å². The molecule has 1 aliphatic heterocycles. The zero-order valence-corrected chi connectivity index (χ0v) is 15.6. The normalized spacial score (nSPS) is 15.5. The zero-order valence-electron chi connectivity index (χ0n) is 15.6. The van der Waals surface area contributed by atoms with Crippen LogP contribution in [0.5, 0.6) is 5.75 Å². The molecule has 148 valence electrons. The summed E-state index contributed by atoms with van der Waals surface area (Å²) in [6.07, 6.45) is 2.13. The summed E-state index contributed by atoms with van der Waals surface area (Å²) in [5, 5.41) is 0.